The molecule has 1 aromatic rings. The molecule has 2 unspecified atom stereocenters. The summed E-state index contributed by atoms with van der Waals surface area (Å²) in [6.45, 7) is 4.22. The number of piperidine rings is 1. The van der Waals surface area contributed by atoms with Crippen LogP contribution in [0.2, 0.25) is 0 Å². The molecule has 0 aliphatic carbocycles. The van der Waals surface area contributed by atoms with Gasteiger partial charge in [0.2, 0.25) is 10.0 Å². The summed E-state index contributed by atoms with van der Waals surface area (Å²) in [4.78, 5) is 0.238. The van der Waals surface area contributed by atoms with E-state index in [1.807, 2.05) is 6.07 Å². The van der Waals surface area contributed by atoms with Crippen molar-refractivity contribution in [1.82, 2.24) is 10.0 Å². The number of sulfonamides is 1. The number of fused-ring (bicyclic) bond motifs is 1. The first-order valence-corrected chi connectivity index (χ1v) is 9.43. The van der Waals surface area contributed by atoms with Crippen LogP contribution in [0.5, 0.6) is 5.75 Å². The molecule has 7 heteroatoms. The highest BCUT2D eigenvalue weighted by Gasteiger charge is 2.31. The van der Waals surface area contributed by atoms with Crippen LogP contribution in [-0.4, -0.2) is 34.2 Å². The number of halogens is 1. The third-order valence-electron chi connectivity index (χ3n) is 4.14. The minimum absolute atomic E-state index is 0.0835. The summed E-state index contributed by atoms with van der Waals surface area (Å²) >= 11 is 3.39. The van der Waals surface area contributed by atoms with Crippen molar-refractivity contribution in [1.29, 1.82) is 0 Å². The third kappa shape index (κ3) is 3.11. The molecule has 0 radical (unpaired) electrons. The largest absolute Gasteiger partial charge is 0.492 e. The summed E-state index contributed by atoms with van der Waals surface area (Å²) in [5.74, 6) is 0.823. The van der Waals surface area contributed by atoms with Gasteiger partial charge in [0.15, 0.2) is 0 Å². The Kier molecular flexibility index (Phi) is 4.27. The molecule has 0 amide bonds. The number of benzene rings is 1. The van der Waals surface area contributed by atoms with Crippen LogP contribution in [0.3, 0.4) is 0 Å². The summed E-state index contributed by atoms with van der Waals surface area (Å²) in [6.07, 6.45) is 1.72. The molecular formula is C14H19BrN2O3S. The van der Waals surface area contributed by atoms with Crippen LogP contribution in [0.15, 0.2) is 21.5 Å². The van der Waals surface area contributed by atoms with Gasteiger partial charge in [0, 0.05) is 29.0 Å². The predicted molar refractivity (Wildman–Crippen MR) is 84.1 cm³/mol. The quantitative estimate of drug-likeness (QED) is 0.844. The minimum Gasteiger partial charge on any atom is -0.492 e. The van der Waals surface area contributed by atoms with Crippen LogP contribution in [0.25, 0.3) is 0 Å². The van der Waals surface area contributed by atoms with Crippen molar-refractivity contribution in [2.24, 2.45) is 5.92 Å². The molecule has 2 heterocycles. The summed E-state index contributed by atoms with van der Waals surface area (Å²) in [6, 6.07) is 3.46. The van der Waals surface area contributed by atoms with Gasteiger partial charge in [-0.15, -0.1) is 0 Å². The fourth-order valence-corrected chi connectivity index (χ4v) is 5.06. The van der Waals surface area contributed by atoms with Crippen LogP contribution in [0, 0.1) is 5.92 Å². The Morgan fingerprint density at radius 3 is 3.00 bits per heavy atom. The second-order valence-corrected chi connectivity index (χ2v) is 8.29. The standard InChI is InChI=1S/C14H19BrN2O3S/c1-9-2-4-16-8-12(9)17-21(18,19)13-7-11(15)6-10-3-5-20-14(10)13/h6-7,9,12,16-17H,2-5,8H2,1H3. The number of ether oxygens (including phenoxy) is 1. The van der Waals surface area contributed by atoms with E-state index in [9.17, 15) is 8.42 Å². The molecule has 0 bridgehead atoms. The Bertz CT molecular complexity index is 648. The Morgan fingerprint density at radius 2 is 2.24 bits per heavy atom. The first kappa shape index (κ1) is 15.3. The van der Waals surface area contributed by atoms with Crippen LogP contribution in [-0.2, 0) is 16.4 Å². The maximum Gasteiger partial charge on any atom is 0.244 e. The normalized spacial score (nSPS) is 25.4. The molecule has 2 aliphatic heterocycles. The summed E-state index contributed by atoms with van der Waals surface area (Å²) in [5.41, 5.74) is 0.944. The van der Waals surface area contributed by atoms with Crippen LogP contribution in [0.1, 0.15) is 18.9 Å². The second-order valence-electron chi connectivity index (χ2n) is 5.69. The topological polar surface area (TPSA) is 67.4 Å². The molecule has 0 spiro atoms. The van der Waals surface area contributed by atoms with Crippen molar-refractivity contribution >= 4 is 26.0 Å². The lowest BCUT2D eigenvalue weighted by Crippen LogP contribution is -2.50. The van der Waals surface area contributed by atoms with E-state index in [0.717, 1.165) is 29.4 Å². The van der Waals surface area contributed by atoms with E-state index in [-0.39, 0.29) is 10.9 Å². The van der Waals surface area contributed by atoms with Crippen molar-refractivity contribution < 1.29 is 13.2 Å². The van der Waals surface area contributed by atoms with Gasteiger partial charge in [-0.2, -0.15) is 0 Å². The van der Waals surface area contributed by atoms with Gasteiger partial charge in [0.25, 0.3) is 0 Å². The molecule has 0 saturated carbocycles. The predicted octanol–water partition coefficient (Wildman–Crippen LogP) is 1.66. The highest BCUT2D eigenvalue weighted by atomic mass is 79.9. The van der Waals surface area contributed by atoms with Crippen molar-refractivity contribution in [3.8, 4) is 5.75 Å². The molecule has 2 N–H and O–H groups in total. The van der Waals surface area contributed by atoms with Crippen molar-refractivity contribution in [3.05, 3.63) is 22.2 Å². The maximum absolute atomic E-state index is 12.7. The average Bonchev–Trinajstić information content (AvgIpc) is 2.88. The van der Waals surface area contributed by atoms with Crippen LogP contribution in [0.4, 0.5) is 0 Å². The molecule has 1 saturated heterocycles. The molecular weight excluding hydrogens is 356 g/mol. The van der Waals surface area contributed by atoms with Crippen molar-refractivity contribution in [2.75, 3.05) is 19.7 Å². The zero-order chi connectivity index (χ0) is 15.0. The zero-order valence-corrected chi connectivity index (χ0v) is 14.3. The lowest BCUT2D eigenvalue weighted by atomic mass is 9.96. The number of hydrogen-bond donors (Lipinski definition) is 2. The Hall–Kier alpha value is -0.630. The maximum atomic E-state index is 12.7. The second kappa shape index (κ2) is 5.87. The molecule has 2 atom stereocenters. The molecule has 116 valence electrons. The van der Waals surface area contributed by atoms with Gasteiger partial charge in [-0.3, -0.25) is 0 Å². The Morgan fingerprint density at radius 1 is 1.43 bits per heavy atom. The third-order valence-corrected chi connectivity index (χ3v) is 6.09. The number of hydrogen-bond acceptors (Lipinski definition) is 4. The summed E-state index contributed by atoms with van der Waals surface area (Å²) < 4.78 is 34.6. The molecule has 2 aliphatic rings. The van der Waals surface area contributed by atoms with E-state index >= 15 is 0 Å². The first-order chi connectivity index (χ1) is 9.97. The zero-order valence-electron chi connectivity index (χ0n) is 11.9. The highest BCUT2D eigenvalue weighted by molar-refractivity contribution is 9.10. The van der Waals surface area contributed by atoms with Crippen molar-refractivity contribution in [3.63, 3.8) is 0 Å². The smallest absolute Gasteiger partial charge is 0.244 e. The van der Waals surface area contributed by atoms with Crippen LogP contribution < -0.4 is 14.8 Å². The van der Waals surface area contributed by atoms with E-state index < -0.39 is 10.0 Å². The van der Waals surface area contributed by atoms with Gasteiger partial charge in [-0.05, 0) is 31.0 Å². The lowest BCUT2D eigenvalue weighted by molar-refractivity contribution is 0.325. The van der Waals surface area contributed by atoms with E-state index in [1.54, 1.807) is 6.07 Å². The Labute approximate surface area is 133 Å². The molecule has 1 fully saturated rings. The average molecular weight is 375 g/mol. The molecule has 1 aromatic carbocycles. The number of rotatable bonds is 3. The first-order valence-electron chi connectivity index (χ1n) is 7.15. The fraction of sp³-hybridized carbons (Fsp3) is 0.571. The van der Waals surface area contributed by atoms with E-state index in [4.69, 9.17) is 4.74 Å². The molecule has 0 aromatic heterocycles. The van der Waals surface area contributed by atoms with Gasteiger partial charge in [0.05, 0.1) is 6.61 Å². The SMILES string of the molecule is CC1CCNCC1NS(=O)(=O)c1cc(Br)cc2c1OCC2. The molecule has 21 heavy (non-hydrogen) atoms. The van der Waals surface area contributed by atoms with Crippen molar-refractivity contribution in [2.45, 2.75) is 30.7 Å². The van der Waals surface area contributed by atoms with Crippen LogP contribution >= 0.6 is 15.9 Å². The van der Waals surface area contributed by atoms with E-state index in [2.05, 4.69) is 32.9 Å². The Balaban J connectivity index is 1.92. The highest BCUT2D eigenvalue weighted by Crippen LogP contribution is 2.36. The van der Waals surface area contributed by atoms with Gasteiger partial charge >= 0.3 is 0 Å². The lowest BCUT2D eigenvalue weighted by Gasteiger charge is -2.30. The summed E-state index contributed by atoms with van der Waals surface area (Å²) in [7, 11) is -3.59. The van der Waals surface area contributed by atoms with Gasteiger partial charge < -0.3 is 10.1 Å². The van der Waals surface area contributed by atoms with E-state index in [0.29, 0.717) is 24.8 Å². The van der Waals surface area contributed by atoms with Gasteiger partial charge in [0.1, 0.15) is 10.6 Å². The fourth-order valence-electron chi connectivity index (χ4n) is 2.85. The molecule has 5 nitrogen and oxygen atoms in total. The monoisotopic (exact) mass is 374 g/mol. The van der Waals surface area contributed by atoms with Gasteiger partial charge in [-0.25, -0.2) is 13.1 Å². The number of nitrogens with one attached hydrogen (secondary N) is 2. The minimum atomic E-state index is -3.59. The summed E-state index contributed by atoms with van der Waals surface area (Å²) in [5, 5.41) is 3.24. The van der Waals surface area contributed by atoms with Gasteiger partial charge in [-0.1, -0.05) is 22.9 Å². The van der Waals surface area contributed by atoms with E-state index in [1.165, 1.54) is 0 Å². The molecule has 3 rings (SSSR count).